The third-order valence-corrected chi connectivity index (χ3v) is 3.94. The second kappa shape index (κ2) is 8.81. The van der Waals surface area contributed by atoms with Crippen LogP contribution in [-0.4, -0.2) is 13.2 Å². The summed E-state index contributed by atoms with van der Waals surface area (Å²) in [6, 6.07) is 14.4. The van der Waals surface area contributed by atoms with Gasteiger partial charge in [0.25, 0.3) is 0 Å². The summed E-state index contributed by atoms with van der Waals surface area (Å²) in [5, 5.41) is 3.45. The molecular formula is C18H22BrNO2. The summed E-state index contributed by atoms with van der Waals surface area (Å²) in [6.07, 6.45) is 0. The molecule has 4 heteroatoms. The molecule has 2 rings (SSSR count). The smallest absolute Gasteiger partial charge is 0.162 e. The van der Waals surface area contributed by atoms with Crippen LogP contribution < -0.4 is 14.8 Å². The van der Waals surface area contributed by atoms with Crippen LogP contribution in [-0.2, 0) is 13.1 Å². The highest BCUT2D eigenvalue weighted by Crippen LogP contribution is 2.33. The quantitative estimate of drug-likeness (QED) is 0.746. The van der Waals surface area contributed by atoms with Crippen LogP contribution in [0.25, 0.3) is 0 Å². The molecule has 0 aliphatic carbocycles. The molecule has 0 aliphatic heterocycles. The molecule has 22 heavy (non-hydrogen) atoms. The zero-order chi connectivity index (χ0) is 15.8. The van der Waals surface area contributed by atoms with Crippen molar-refractivity contribution in [2.24, 2.45) is 0 Å². The Labute approximate surface area is 140 Å². The Morgan fingerprint density at radius 2 is 1.55 bits per heavy atom. The van der Waals surface area contributed by atoms with Crippen molar-refractivity contribution in [2.45, 2.75) is 26.9 Å². The molecule has 118 valence electrons. The number of nitrogens with one attached hydrogen (secondary N) is 1. The molecule has 0 heterocycles. The maximum Gasteiger partial charge on any atom is 0.162 e. The standard InChI is InChI=1S/C18H22BrNO2/c1-3-21-17-10-15(16(19)11-18(17)22-4-2)13-20-12-14-8-6-5-7-9-14/h5-11,20H,3-4,12-13H2,1-2H3. The maximum atomic E-state index is 5.68. The molecule has 0 fully saturated rings. The summed E-state index contributed by atoms with van der Waals surface area (Å²) >= 11 is 3.61. The minimum Gasteiger partial charge on any atom is -0.490 e. The van der Waals surface area contributed by atoms with Crippen LogP contribution in [0.3, 0.4) is 0 Å². The van der Waals surface area contributed by atoms with E-state index in [0.717, 1.165) is 34.6 Å². The van der Waals surface area contributed by atoms with Crippen molar-refractivity contribution in [3.8, 4) is 11.5 Å². The van der Waals surface area contributed by atoms with Gasteiger partial charge in [-0.25, -0.2) is 0 Å². The van der Waals surface area contributed by atoms with Gasteiger partial charge in [0.15, 0.2) is 11.5 Å². The number of hydrogen-bond donors (Lipinski definition) is 1. The highest BCUT2D eigenvalue weighted by Gasteiger charge is 2.10. The van der Waals surface area contributed by atoms with E-state index in [-0.39, 0.29) is 0 Å². The summed E-state index contributed by atoms with van der Waals surface area (Å²) in [5.41, 5.74) is 2.43. The first-order chi connectivity index (χ1) is 10.7. The first kappa shape index (κ1) is 16.8. The highest BCUT2D eigenvalue weighted by molar-refractivity contribution is 9.10. The lowest BCUT2D eigenvalue weighted by molar-refractivity contribution is 0.287. The molecule has 0 amide bonds. The van der Waals surface area contributed by atoms with Crippen molar-refractivity contribution in [1.29, 1.82) is 0 Å². The van der Waals surface area contributed by atoms with E-state index in [1.807, 2.05) is 32.0 Å². The second-order valence-corrected chi connectivity index (χ2v) is 5.70. The van der Waals surface area contributed by atoms with Crippen molar-refractivity contribution in [3.05, 3.63) is 58.1 Å². The molecule has 0 atom stereocenters. The molecule has 2 aromatic carbocycles. The summed E-state index contributed by atoms with van der Waals surface area (Å²) in [6.45, 7) is 6.80. The molecule has 3 nitrogen and oxygen atoms in total. The van der Waals surface area contributed by atoms with Crippen LogP contribution in [0.2, 0.25) is 0 Å². The van der Waals surface area contributed by atoms with Crippen LogP contribution in [0.4, 0.5) is 0 Å². The van der Waals surface area contributed by atoms with Gasteiger partial charge in [-0.1, -0.05) is 46.3 Å². The fourth-order valence-corrected chi connectivity index (χ4v) is 2.65. The van der Waals surface area contributed by atoms with Crippen LogP contribution >= 0.6 is 15.9 Å². The van der Waals surface area contributed by atoms with E-state index in [2.05, 4.69) is 45.5 Å². The molecule has 0 radical (unpaired) electrons. The lowest BCUT2D eigenvalue weighted by Crippen LogP contribution is -2.13. The molecule has 0 bridgehead atoms. The summed E-state index contributed by atoms with van der Waals surface area (Å²) in [4.78, 5) is 0. The average molecular weight is 364 g/mol. The number of benzene rings is 2. The average Bonchev–Trinajstić information content (AvgIpc) is 2.53. The Morgan fingerprint density at radius 3 is 2.18 bits per heavy atom. The lowest BCUT2D eigenvalue weighted by Gasteiger charge is -2.14. The number of hydrogen-bond acceptors (Lipinski definition) is 3. The minimum atomic E-state index is 0.623. The van der Waals surface area contributed by atoms with Crippen LogP contribution in [0.5, 0.6) is 11.5 Å². The van der Waals surface area contributed by atoms with Gasteiger partial charge in [0.05, 0.1) is 13.2 Å². The lowest BCUT2D eigenvalue weighted by atomic mass is 10.2. The fraction of sp³-hybridized carbons (Fsp3) is 0.333. The van der Waals surface area contributed by atoms with Gasteiger partial charge in [-0.2, -0.15) is 0 Å². The molecule has 1 N–H and O–H groups in total. The Morgan fingerprint density at radius 1 is 0.909 bits per heavy atom. The van der Waals surface area contributed by atoms with E-state index < -0.39 is 0 Å². The predicted molar refractivity (Wildman–Crippen MR) is 93.5 cm³/mol. The van der Waals surface area contributed by atoms with Gasteiger partial charge in [0.1, 0.15) is 0 Å². The van der Waals surface area contributed by atoms with E-state index >= 15 is 0 Å². The van der Waals surface area contributed by atoms with E-state index in [0.29, 0.717) is 13.2 Å². The van der Waals surface area contributed by atoms with Gasteiger partial charge >= 0.3 is 0 Å². The van der Waals surface area contributed by atoms with Crippen molar-refractivity contribution < 1.29 is 9.47 Å². The van der Waals surface area contributed by atoms with E-state index in [4.69, 9.17) is 9.47 Å². The molecular weight excluding hydrogens is 342 g/mol. The van der Waals surface area contributed by atoms with Gasteiger partial charge in [0, 0.05) is 17.6 Å². The summed E-state index contributed by atoms with van der Waals surface area (Å²) < 4.78 is 12.3. The largest absolute Gasteiger partial charge is 0.490 e. The number of ether oxygens (including phenoxy) is 2. The second-order valence-electron chi connectivity index (χ2n) is 4.85. The molecule has 0 spiro atoms. The zero-order valence-electron chi connectivity index (χ0n) is 13.1. The molecule has 2 aromatic rings. The van der Waals surface area contributed by atoms with Crippen molar-refractivity contribution in [1.82, 2.24) is 5.32 Å². The van der Waals surface area contributed by atoms with Crippen LogP contribution in [0.15, 0.2) is 46.9 Å². The molecule has 0 aliphatic rings. The first-order valence-corrected chi connectivity index (χ1v) is 8.36. The normalized spacial score (nSPS) is 10.5. The Kier molecular flexibility index (Phi) is 6.74. The van der Waals surface area contributed by atoms with E-state index in [1.54, 1.807) is 0 Å². The minimum absolute atomic E-state index is 0.623. The monoisotopic (exact) mass is 363 g/mol. The number of halogens is 1. The topological polar surface area (TPSA) is 30.5 Å². The fourth-order valence-electron chi connectivity index (χ4n) is 2.19. The van der Waals surface area contributed by atoms with E-state index in [9.17, 15) is 0 Å². The van der Waals surface area contributed by atoms with Gasteiger partial charge in [0.2, 0.25) is 0 Å². The third-order valence-electron chi connectivity index (χ3n) is 3.20. The van der Waals surface area contributed by atoms with Gasteiger partial charge in [-0.05, 0) is 37.1 Å². The van der Waals surface area contributed by atoms with Gasteiger partial charge < -0.3 is 14.8 Å². The first-order valence-electron chi connectivity index (χ1n) is 7.57. The predicted octanol–water partition coefficient (Wildman–Crippen LogP) is 4.54. The molecule has 0 saturated carbocycles. The Balaban J connectivity index is 2.05. The maximum absolute atomic E-state index is 5.68. The van der Waals surface area contributed by atoms with Gasteiger partial charge in [-0.3, -0.25) is 0 Å². The third kappa shape index (κ3) is 4.75. The Bertz CT molecular complexity index is 587. The highest BCUT2D eigenvalue weighted by atomic mass is 79.9. The molecule has 0 saturated heterocycles. The van der Waals surface area contributed by atoms with E-state index in [1.165, 1.54) is 5.56 Å². The van der Waals surface area contributed by atoms with Crippen molar-refractivity contribution >= 4 is 15.9 Å². The molecule has 0 unspecified atom stereocenters. The zero-order valence-corrected chi connectivity index (χ0v) is 14.7. The van der Waals surface area contributed by atoms with Crippen LogP contribution in [0, 0.1) is 0 Å². The summed E-state index contributed by atoms with van der Waals surface area (Å²) in [5.74, 6) is 1.58. The molecule has 0 aromatic heterocycles. The van der Waals surface area contributed by atoms with Crippen molar-refractivity contribution in [3.63, 3.8) is 0 Å². The summed E-state index contributed by atoms with van der Waals surface area (Å²) in [7, 11) is 0. The Hall–Kier alpha value is -1.52. The van der Waals surface area contributed by atoms with Crippen LogP contribution in [0.1, 0.15) is 25.0 Å². The van der Waals surface area contributed by atoms with Gasteiger partial charge in [-0.15, -0.1) is 0 Å². The number of rotatable bonds is 8. The van der Waals surface area contributed by atoms with Crippen molar-refractivity contribution in [2.75, 3.05) is 13.2 Å². The SMILES string of the molecule is CCOc1cc(Br)c(CNCc2ccccc2)cc1OCC.